The third kappa shape index (κ3) is 0.966. The van der Waals surface area contributed by atoms with Crippen LogP contribution in [-0.2, 0) is 7.05 Å². The second-order valence-electron chi connectivity index (χ2n) is 2.70. The van der Waals surface area contributed by atoms with Crippen LogP contribution in [0.25, 0.3) is 10.9 Å². The van der Waals surface area contributed by atoms with E-state index >= 15 is 0 Å². The van der Waals surface area contributed by atoms with E-state index < -0.39 is 0 Å². The highest BCUT2D eigenvalue weighted by Gasteiger charge is 2.05. The molecule has 1 heterocycles. The summed E-state index contributed by atoms with van der Waals surface area (Å²) in [5.74, 6) is -0.172. The van der Waals surface area contributed by atoms with Crippen LogP contribution in [0.1, 0.15) is 0 Å². The number of hydrogen-bond acceptors (Lipinski definition) is 0. The summed E-state index contributed by atoms with van der Waals surface area (Å²) in [5.41, 5.74) is 0.905. The highest BCUT2D eigenvalue weighted by molar-refractivity contribution is 9.10. The third-order valence-electron chi connectivity index (χ3n) is 1.98. The van der Waals surface area contributed by atoms with Gasteiger partial charge < -0.3 is 4.57 Å². The molecule has 2 aromatic rings. The first-order chi connectivity index (χ1) is 5.70. The molecule has 0 unspecified atom stereocenters. The van der Waals surface area contributed by atoms with E-state index in [2.05, 4.69) is 15.9 Å². The predicted molar refractivity (Wildman–Crippen MR) is 50.6 cm³/mol. The maximum absolute atomic E-state index is 13.1. The molecule has 0 N–H and O–H groups in total. The van der Waals surface area contributed by atoms with Crippen LogP contribution in [0.15, 0.2) is 28.9 Å². The minimum absolute atomic E-state index is 0.172. The van der Waals surface area contributed by atoms with Gasteiger partial charge in [-0.05, 0) is 34.1 Å². The summed E-state index contributed by atoms with van der Waals surface area (Å²) < 4.78 is 15.9. The van der Waals surface area contributed by atoms with Gasteiger partial charge in [0.2, 0.25) is 0 Å². The average molecular weight is 228 g/mol. The van der Waals surface area contributed by atoms with E-state index in [0.29, 0.717) is 5.39 Å². The lowest BCUT2D eigenvalue weighted by Crippen LogP contribution is -1.86. The summed E-state index contributed by atoms with van der Waals surface area (Å²) in [6.07, 6.45) is 0. The van der Waals surface area contributed by atoms with Crippen LogP contribution >= 0.6 is 15.9 Å². The number of aromatic nitrogens is 1. The van der Waals surface area contributed by atoms with Crippen molar-refractivity contribution in [1.29, 1.82) is 0 Å². The first kappa shape index (κ1) is 7.80. The van der Waals surface area contributed by atoms with Crippen molar-refractivity contribution in [3.63, 3.8) is 0 Å². The number of nitrogens with zero attached hydrogens (tertiary/aromatic N) is 1. The minimum atomic E-state index is -0.172. The van der Waals surface area contributed by atoms with E-state index in [1.807, 2.05) is 17.7 Å². The van der Waals surface area contributed by atoms with Crippen molar-refractivity contribution in [1.82, 2.24) is 4.57 Å². The second-order valence-corrected chi connectivity index (χ2v) is 3.51. The van der Waals surface area contributed by atoms with Crippen LogP contribution in [0.3, 0.4) is 0 Å². The number of hydrogen-bond donors (Lipinski definition) is 0. The lowest BCUT2D eigenvalue weighted by atomic mass is 10.2. The molecule has 0 fully saturated rings. The molecular weight excluding hydrogens is 221 g/mol. The fourth-order valence-electron chi connectivity index (χ4n) is 1.29. The molecule has 0 radical (unpaired) electrons. The molecule has 0 atom stereocenters. The van der Waals surface area contributed by atoms with Crippen LogP contribution < -0.4 is 0 Å². The van der Waals surface area contributed by atoms with Crippen molar-refractivity contribution in [3.8, 4) is 0 Å². The molecule has 1 aromatic carbocycles. The van der Waals surface area contributed by atoms with Gasteiger partial charge in [0.15, 0.2) is 0 Å². The monoisotopic (exact) mass is 227 g/mol. The predicted octanol–water partition coefficient (Wildman–Crippen LogP) is 3.08. The summed E-state index contributed by atoms with van der Waals surface area (Å²) in [5, 5.41) is 0.659. The van der Waals surface area contributed by atoms with Gasteiger partial charge in [0.25, 0.3) is 0 Å². The topological polar surface area (TPSA) is 4.93 Å². The first-order valence-electron chi connectivity index (χ1n) is 3.59. The summed E-state index contributed by atoms with van der Waals surface area (Å²) in [6.45, 7) is 0. The Morgan fingerprint density at radius 3 is 2.83 bits per heavy atom. The van der Waals surface area contributed by atoms with Crippen LogP contribution in [0.4, 0.5) is 4.39 Å². The molecule has 12 heavy (non-hydrogen) atoms. The standard InChI is InChI=1S/C9H7BrFN/c1-12-8-4-2-3-7(11)6(8)5-9(12)10/h2-5H,1H3. The largest absolute Gasteiger partial charge is 0.338 e. The molecule has 1 nitrogen and oxygen atoms in total. The summed E-state index contributed by atoms with van der Waals surface area (Å²) in [4.78, 5) is 0. The van der Waals surface area contributed by atoms with Gasteiger partial charge in [-0.25, -0.2) is 4.39 Å². The highest BCUT2D eigenvalue weighted by Crippen LogP contribution is 2.24. The quantitative estimate of drug-likeness (QED) is 0.652. The number of rotatable bonds is 0. The molecule has 0 aliphatic carbocycles. The number of aryl methyl sites for hydroxylation is 1. The van der Waals surface area contributed by atoms with Crippen LogP contribution in [-0.4, -0.2) is 4.57 Å². The minimum Gasteiger partial charge on any atom is -0.338 e. The molecular formula is C9H7BrFN. The number of benzene rings is 1. The Morgan fingerprint density at radius 2 is 2.17 bits per heavy atom. The molecule has 0 amide bonds. The second kappa shape index (κ2) is 2.59. The maximum Gasteiger partial charge on any atom is 0.132 e. The van der Waals surface area contributed by atoms with Crippen LogP contribution in [0.2, 0.25) is 0 Å². The number of fused-ring (bicyclic) bond motifs is 1. The molecule has 0 bridgehead atoms. The molecule has 3 heteroatoms. The summed E-state index contributed by atoms with van der Waals surface area (Å²) in [7, 11) is 1.89. The zero-order valence-electron chi connectivity index (χ0n) is 6.51. The molecule has 0 saturated heterocycles. The van der Waals surface area contributed by atoms with E-state index in [-0.39, 0.29) is 5.82 Å². The fraction of sp³-hybridized carbons (Fsp3) is 0.111. The van der Waals surface area contributed by atoms with Gasteiger partial charge in [0.05, 0.1) is 10.1 Å². The summed E-state index contributed by atoms with van der Waals surface area (Å²) >= 11 is 3.34. The van der Waals surface area contributed by atoms with Crippen molar-refractivity contribution in [2.45, 2.75) is 0 Å². The van der Waals surface area contributed by atoms with Gasteiger partial charge in [-0.1, -0.05) is 6.07 Å². The van der Waals surface area contributed by atoms with E-state index in [4.69, 9.17) is 0 Å². The van der Waals surface area contributed by atoms with Crippen molar-refractivity contribution in [3.05, 3.63) is 34.7 Å². The van der Waals surface area contributed by atoms with Crippen molar-refractivity contribution in [2.24, 2.45) is 7.05 Å². The van der Waals surface area contributed by atoms with Gasteiger partial charge in [0.1, 0.15) is 5.82 Å². The first-order valence-corrected chi connectivity index (χ1v) is 4.39. The van der Waals surface area contributed by atoms with Gasteiger partial charge in [-0.3, -0.25) is 0 Å². The molecule has 0 saturated carbocycles. The van der Waals surface area contributed by atoms with Crippen molar-refractivity contribution in [2.75, 3.05) is 0 Å². The van der Waals surface area contributed by atoms with Gasteiger partial charge in [0, 0.05) is 12.4 Å². The SMILES string of the molecule is Cn1c(Br)cc2c(F)cccc21. The van der Waals surface area contributed by atoms with Crippen molar-refractivity contribution < 1.29 is 4.39 Å². The lowest BCUT2D eigenvalue weighted by Gasteiger charge is -1.96. The summed E-state index contributed by atoms with van der Waals surface area (Å²) in [6, 6.07) is 6.85. The van der Waals surface area contributed by atoms with E-state index in [9.17, 15) is 4.39 Å². The van der Waals surface area contributed by atoms with Gasteiger partial charge in [-0.2, -0.15) is 0 Å². The zero-order valence-corrected chi connectivity index (χ0v) is 8.10. The zero-order chi connectivity index (χ0) is 8.72. The molecule has 1 aromatic heterocycles. The third-order valence-corrected chi connectivity index (χ3v) is 2.74. The van der Waals surface area contributed by atoms with E-state index in [0.717, 1.165) is 10.1 Å². The maximum atomic E-state index is 13.1. The Kier molecular flexibility index (Phi) is 1.68. The van der Waals surface area contributed by atoms with Crippen molar-refractivity contribution >= 4 is 26.8 Å². The Balaban J connectivity index is 2.95. The molecule has 2 rings (SSSR count). The lowest BCUT2D eigenvalue weighted by molar-refractivity contribution is 0.640. The van der Waals surface area contributed by atoms with Gasteiger partial charge >= 0.3 is 0 Å². The number of halogens is 2. The molecule has 0 spiro atoms. The highest BCUT2D eigenvalue weighted by atomic mass is 79.9. The van der Waals surface area contributed by atoms with Crippen LogP contribution in [0.5, 0.6) is 0 Å². The average Bonchev–Trinajstić information content (AvgIpc) is 2.32. The normalized spacial score (nSPS) is 10.9. The fourth-order valence-corrected chi connectivity index (χ4v) is 1.71. The Hall–Kier alpha value is -0.830. The Labute approximate surface area is 77.9 Å². The Morgan fingerprint density at radius 1 is 1.42 bits per heavy atom. The molecule has 0 aliphatic rings. The Bertz CT molecular complexity index is 433. The van der Waals surface area contributed by atoms with Crippen LogP contribution in [0, 0.1) is 5.82 Å². The molecule has 62 valence electrons. The molecule has 0 aliphatic heterocycles. The van der Waals surface area contributed by atoms with E-state index in [1.165, 1.54) is 6.07 Å². The van der Waals surface area contributed by atoms with E-state index in [1.54, 1.807) is 12.1 Å². The van der Waals surface area contributed by atoms with Gasteiger partial charge in [-0.15, -0.1) is 0 Å². The smallest absolute Gasteiger partial charge is 0.132 e.